The van der Waals surface area contributed by atoms with Gasteiger partial charge in [-0.3, -0.25) is 0 Å². The average Bonchev–Trinajstić information content (AvgIpc) is 2.29. The summed E-state index contributed by atoms with van der Waals surface area (Å²) < 4.78 is 14.0. The first-order chi connectivity index (χ1) is 7.56. The minimum absolute atomic E-state index is 0.0214. The van der Waals surface area contributed by atoms with E-state index in [-0.39, 0.29) is 19.0 Å². The topological polar surface area (TPSA) is 65.4 Å². The van der Waals surface area contributed by atoms with E-state index in [0.717, 1.165) is 0 Å². The average molecular weight is 293 g/mol. The predicted octanol–water partition coefficient (Wildman–Crippen LogP) is 1.53. The van der Waals surface area contributed by atoms with E-state index in [4.69, 9.17) is 0 Å². The summed E-state index contributed by atoms with van der Waals surface area (Å²) in [7, 11) is 0. The van der Waals surface area contributed by atoms with Crippen LogP contribution in [0.5, 0.6) is 0 Å². The number of aliphatic hydroxyl groups is 2. The van der Waals surface area contributed by atoms with Crippen molar-refractivity contribution in [1.29, 1.82) is 0 Å². The van der Waals surface area contributed by atoms with Crippen LogP contribution in [0.4, 0.5) is 10.2 Å². The van der Waals surface area contributed by atoms with Crippen LogP contribution in [0, 0.1) is 5.82 Å². The highest BCUT2D eigenvalue weighted by molar-refractivity contribution is 9.10. The highest BCUT2D eigenvalue weighted by atomic mass is 79.9. The predicted molar refractivity (Wildman–Crippen MR) is 62.7 cm³/mol. The summed E-state index contributed by atoms with van der Waals surface area (Å²) in [6.07, 6.45) is 1.90. The van der Waals surface area contributed by atoms with Crippen LogP contribution < -0.4 is 5.32 Å². The minimum atomic E-state index is -0.943. The van der Waals surface area contributed by atoms with Crippen molar-refractivity contribution in [3.05, 3.63) is 22.6 Å². The second kappa shape index (κ2) is 5.56. The maximum absolute atomic E-state index is 13.5. The third-order valence-corrected chi connectivity index (χ3v) is 2.91. The van der Waals surface area contributed by atoms with Crippen LogP contribution in [0.15, 0.2) is 16.7 Å². The second-order valence-electron chi connectivity index (χ2n) is 3.56. The van der Waals surface area contributed by atoms with Gasteiger partial charge in [0.1, 0.15) is 0 Å². The first kappa shape index (κ1) is 13.3. The zero-order valence-electron chi connectivity index (χ0n) is 8.87. The number of anilines is 1. The maximum Gasteiger partial charge on any atom is 0.166 e. The number of hydrogen-bond donors (Lipinski definition) is 3. The fraction of sp³-hybridized carbons (Fsp3) is 0.500. The summed E-state index contributed by atoms with van der Waals surface area (Å²) in [6.45, 7) is 1.20. The van der Waals surface area contributed by atoms with Crippen LogP contribution in [0.1, 0.15) is 13.3 Å². The quantitative estimate of drug-likeness (QED) is 0.770. The molecule has 0 spiro atoms. The summed E-state index contributed by atoms with van der Waals surface area (Å²) in [5.41, 5.74) is -0.943. The number of halogens is 2. The van der Waals surface area contributed by atoms with Gasteiger partial charge in [0.05, 0.1) is 18.8 Å². The van der Waals surface area contributed by atoms with E-state index in [1.165, 1.54) is 12.3 Å². The van der Waals surface area contributed by atoms with Crippen molar-refractivity contribution in [2.45, 2.75) is 18.9 Å². The Kier molecular flexibility index (Phi) is 4.64. The normalized spacial score (nSPS) is 11.6. The van der Waals surface area contributed by atoms with Gasteiger partial charge < -0.3 is 15.5 Å². The van der Waals surface area contributed by atoms with E-state index in [2.05, 4.69) is 26.2 Å². The van der Waals surface area contributed by atoms with E-state index < -0.39 is 11.4 Å². The Hall–Kier alpha value is -0.720. The van der Waals surface area contributed by atoms with Gasteiger partial charge in [0, 0.05) is 10.7 Å². The van der Waals surface area contributed by atoms with Crippen LogP contribution in [-0.4, -0.2) is 33.9 Å². The van der Waals surface area contributed by atoms with Crippen molar-refractivity contribution in [1.82, 2.24) is 4.98 Å². The highest BCUT2D eigenvalue weighted by Crippen LogP contribution is 2.21. The Morgan fingerprint density at radius 2 is 2.12 bits per heavy atom. The van der Waals surface area contributed by atoms with Crippen LogP contribution in [0.3, 0.4) is 0 Å². The third kappa shape index (κ3) is 2.90. The molecule has 1 aromatic heterocycles. The minimum Gasteiger partial charge on any atom is -0.394 e. The van der Waals surface area contributed by atoms with Crippen LogP contribution in [0.2, 0.25) is 0 Å². The van der Waals surface area contributed by atoms with Crippen LogP contribution in [0.25, 0.3) is 0 Å². The molecule has 6 heteroatoms. The molecular formula is C10H14BrFN2O2. The molecule has 0 saturated heterocycles. The van der Waals surface area contributed by atoms with Crippen molar-refractivity contribution in [3.63, 3.8) is 0 Å². The van der Waals surface area contributed by atoms with Gasteiger partial charge in [-0.2, -0.15) is 0 Å². The number of nitrogens with zero attached hydrogens (tertiary/aromatic N) is 1. The molecule has 16 heavy (non-hydrogen) atoms. The Morgan fingerprint density at radius 3 is 2.56 bits per heavy atom. The molecule has 0 unspecified atom stereocenters. The van der Waals surface area contributed by atoms with Gasteiger partial charge in [-0.15, -0.1) is 0 Å². The molecule has 3 N–H and O–H groups in total. The first-order valence-electron chi connectivity index (χ1n) is 4.88. The lowest BCUT2D eigenvalue weighted by atomic mass is 9.98. The molecule has 0 atom stereocenters. The smallest absolute Gasteiger partial charge is 0.166 e. The number of nitrogens with one attached hydrogen (secondary N) is 1. The number of pyridine rings is 1. The molecule has 0 amide bonds. The number of aliphatic hydroxyl groups excluding tert-OH is 2. The third-order valence-electron chi connectivity index (χ3n) is 2.47. The van der Waals surface area contributed by atoms with Crippen LogP contribution in [-0.2, 0) is 0 Å². The zero-order valence-corrected chi connectivity index (χ0v) is 10.5. The van der Waals surface area contributed by atoms with E-state index in [9.17, 15) is 14.6 Å². The molecule has 0 bridgehead atoms. The van der Waals surface area contributed by atoms with Crippen molar-refractivity contribution in [2.75, 3.05) is 18.5 Å². The van der Waals surface area contributed by atoms with Crippen molar-refractivity contribution >= 4 is 21.7 Å². The molecule has 90 valence electrons. The fourth-order valence-electron chi connectivity index (χ4n) is 1.20. The Bertz CT molecular complexity index is 350. The van der Waals surface area contributed by atoms with E-state index in [1.54, 1.807) is 6.92 Å². The molecule has 0 aromatic carbocycles. The second-order valence-corrected chi connectivity index (χ2v) is 4.47. The summed E-state index contributed by atoms with van der Waals surface area (Å²) in [5, 5.41) is 21.1. The fourth-order valence-corrected chi connectivity index (χ4v) is 1.50. The molecule has 0 saturated carbocycles. The first-order valence-corrected chi connectivity index (χ1v) is 5.67. The van der Waals surface area contributed by atoms with E-state index in [0.29, 0.717) is 10.9 Å². The van der Waals surface area contributed by atoms with Gasteiger partial charge in [-0.05, 0) is 28.4 Å². The molecule has 0 aliphatic carbocycles. The molecule has 0 aliphatic rings. The van der Waals surface area contributed by atoms with Crippen molar-refractivity contribution in [2.24, 2.45) is 0 Å². The maximum atomic E-state index is 13.5. The van der Waals surface area contributed by atoms with Crippen molar-refractivity contribution < 1.29 is 14.6 Å². The lowest BCUT2D eigenvalue weighted by Crippen LogP contribution is -2.45. The molecule has 0 aliphatic heterocycles. The van der Waals surface area contributed by atoms with E-state index in [1.807, 2.05) is 0 Å². The zero-order chi connectivity index (χ0) is 12.2. The SMILES string of the molecule is CCC(CO)(CO)Nc1ncc(Br)cc1F. The molecule has 1 heterocycles. The summed E-state index contributed by atoms with van der Waals surface area (Å²) in [4.78, 5) is 3.85. The Balaban J connectivity index is 2.93. The molecule has 4 nitrogen and oxygen atoms in total. The largest absolute Gasteiger partial charge is 0.394 e. The summed E-state index contributed by atoms with van der Waals surface area (Å²) in [6, 6.07) is 1.27. The Morgan fingerprint density at radius 1 is 1.50 bits per heavy atom. The number of hydrogen-bond acceptors (Lipinski definition) is 4. The van der Waals surface area contributed by atoms with Crippen molar-refractivity contribution in [3.8, 4) is 0 Å². The molecule has 1 aromatic rings. The lowest BCUT2D eigenvalue weighted by Gasteiger charge is -2.30. The summed E-state index contributed by atoms with van der Waals surface area (Å²) in [5.74, 6) is -0.512. The number of rotatable bonds is 5. The van der Waals surface area contributed by atoms with Gasteiger partial charge >= 0.3 is 0 Å². The molecular weight excluding hydrogens is 279 g/mol. The lowest BCUT2D eigenvalue weighted by molar-refractivity contribution is 0.132. The Labute approximate surface area is 102 Å². The monoisotopic (exact) mass is 292 g/mol. The molecule has 1 rings (SSSR count). The standard InChI is InChI=1S/C10H14BrFN2O2/c1-2-10(5-15,6-16)14-9-8(12)3-7(11)4-13-9/h3-4,15-16H,2,5-6H2,1H3,(H,13,14). The van der Waals surface area contributed by atoms with Gasteiger partial charge in [0.25, 0.3) is 0 Å². The summed E-state index contributed by atoms with van der Waals surface area (Å²) >= 11 is 3.10. The van der Waals surface area contributed by atoms with Gasteiger partial charge in [-0.1, -0.05) is 6.92 Å². The van der Waals surface area contributed by atoms with Gasteiger partial charge in [0.2, 0.25) is 0 Å². The number of aromatic nitrogens is 1. The molecule has 0 fully saturated rings. The van der Waals surface area contributed by atoms with E-state index >= 15 is 0 Å². The highest BCUT2D eigenvalue weighted by Gasteiger charge is 2.27. The van der Waals surface area contributed by atoms with Gasteiger partial charge in [-0.25, -0.2) is 9.37 Å². The van der Waals surface area contributed by atoms with Gasteiger partial charge in [0.15, 0.2) is 11.6 Å². The van der Waals surface area contributed by atoms with Crippen LogP contribution >= 0.6 is 15.9 Å². The molecule has 0 radical (unpaired) electrons.